The third-order valence-electron chi connectivity index (χ3n) is 1.80. The first-order chi connectivity index (χ1) is 5.17. The molecule has 0 radical (unpaired) electrons. The molecule has 0 aromatic carbocycles. The second-order valence-electron chi connectivity index (χ2n) is 2.37. The molecular weight excluding hydrogens is 142 g/mol. The van der Waals surface area contributed by atoms with E-state index < -0.39 is 0 Å². The largest absolute Gasteiger partial charge is 0.281 e. The summed E-state index contributed by atoms with van der Waals surface area (Å²) >= 11 is 0. The van der Waals surface area contributed by atoms with Gasteiger partial charge in [-0.05, 0) is 20.8 Å². The summed E-state index contributed by atoms with van der Waals surface area (Å²) in [6.45, 7) is 5.56. The molecule has 0 aliphatic rings. The van der Waals surface area contributed by atoms with Gasteiger partial charge in [0.05, 0.1) is 6.04 Å². The summed E-state index contributed by atoms with van der Waals surface area (Å²) < 4.78 is 0. The Morgan fingerprint density at radius 1 is 1.36 bits per heavy atom. The van der Waals surface area contributed by atoms with Crippen molar-refractivity contribution in [2.24, 2.45) is 0 Å². The van der Waals surface area contributed by atoms with E-state index in [2.05, 4.69) is 0 Å². The molecule has 0 N–H and O–H groups in total. The molecule has 0 rings (SSSR count). The molecule has 0 bridgehead atoms. The molecule has 0 fully saturated rings. The topological polar surface area (TPSA) is 37.4 Å². The zero-order valence-corrected chi connectivity index (χ0v) is 7.07. The van der Waals surface area contributed by atoms with Crippen molar-refractivity contribution in [3.63, 3.8) is 0 Å². The fourth-order valence-corrected chi connectivity index (χ4v) is 0.684. The SMILES string of the molecule is C/C=C(/C)C(C)N(C=O)C=O. The highest BCUT2D eigenvalue weighted by molar-refractivity contribution is 5.69. The number of hydrogen-bond donors (Lipinski definition) is 0. The summed E-state index contributed by atoms with van der Waals surface area (Å²) in [4.78, 5) is 21.6. The highest BCUT2D eigenvalue weighted by Crippen LogP contribution is 2.05. The lowest BCUT2D eigenvalue weighted by molar-refractivity contribution is -0.130. The molecule has 2 amide bonds. The smallest absolute Gasteiger partial charge is 0.216 e. The summed E-state index contributed by atoms with van der Waals surface area (Å²) in [5, 5.41) is 0. The maximum atomic E-state index is 10.3. The lowest BCUT2D eigenvalue weighted by Crippen LogP contribution is -2.31. The molecule has 3 heteroatoms. The van der Waals surface area contributed by atoms with Crippen LogP contribution in [0, 0.1) is 0 Å². The Morgan fingerprint density at radius 3 is 2.09 bits per heavy atom. The van der Waals surface area contributed by atoms with E-state index in [9.17, 15) is 9.59 Å². The number of nitrogens with zero attached hydrogens (tertiary/aromatic N) is 1. The van der Waals surface area contributed by atoms with Gasteiger partial charge in [-0.15, -0.1) is 0 Å². The van der Waals surface area contributed by atoms with E-state index >= 15 is 0 Å². The molecule has 3 nitrogen and oxygen atoms in total. The standard InChI is InChI=1S/C8H13NO2/c1-4-7(2)8(3)9(5-10)6-11/h4-6,8H,1-3H3/b7-4-. The number of allylic oxidation sites excluding steroid dienone is 1. The Bertz CT molecular complexity index is 167. The van der Waals surface area contributed by atoms with Crippen LogP contribution in [0.5, 0.6) is 0 Å². The third-order valence-corrected chi connectivity index (χ3v) is 1.80. The first-order valence-corrected chi connectivity index (χ1v) is 3.48. The Kier molecular flexibility index (Phi) is 4.18. The van der Waals surface area contributed by atoms with Crippen LogP contribution in [-0.2, 0) is 9.59 Å². The zero-order valence-electron chi connectivity index (χ0n) is 7.07. The number of imide groups is 1. The second kappa shape index (κ2) is 4.66. The first kappa shape index (κ1) is 9.88. The normalized spacial score (nSPS) is 13.9. The summed E-state index contributed by atoms with van der Waals surface area (Å²) in [6.07, 6.45) is 2.94. The Balaban J connectivity index is 4.31. The molecule has 0 heterocycles. The lowest BCUT2D eigenvalue weighted by Gasteiger charge is -2.18. The van der Waals surface area contributed by atoms with Crippen LogP contribution in [0.4, 0.5) is 0 Å². The van der Waals surface area contributed by atoms with Crippen molar-refractivity contribution in [2.45, 2.75) is 26.8 Å². The van der Waals surface area contributed by atoms with Crippen LogP contribution in [0.1, 0.15) is 20.8 Å². The minimum Gasteiger partial charge on any atom is -0.281 e. The van der Waals surface area contributed by atoms with E-state index in [1.165, 1.54) is 0 Å². The van der Waals surface area contributed by atoms with Crippen LogP contribution in [-0.4, -0.2) is 23.8 Å². The molecule has 0 aromatic heterocycles. The molecular formula is C8H13NO2. The fraction of sp³-hybridized carbons (Fsp3) is 0.500. The van der Waals surface area contributed by atoms with E-state index in [0.29, 0.717) is 12.8 Å². The molecule has 1 atom stereocenters. The van der Waals surface area contributed by atoms with Crippen molar-refractivity contribution in [3.05, 3.63) is 11.6 Å². The third kappa shape index (κ3) is 2.53. The molecule has 11 heavy (non-hydrogen) atoms. The van der Waals surface area contributed by atoms with Gasteiger partial charge in [0.2, 0.25) is 12.8 Å². The second-order valence-corrected chi connectivity index (χ2v) is 2.37. The van der Waals surface area contributed by atoms with Crippen molar-refractivity contribution in [3.8, 4) is 0 Å². The summed E-state index contributed by atoms with van der Waals surface area (Å²) in [6, 6.07) is -0.130. The van der Waals surface area contributed by atoms with Gasteiger partial charge in [-0.25, -0.2) is 0 Å². The minimum absolute atomic E-state index is 0.130. The van der Waals surface area contributed by atoms with Gasteiger partial charge in [-0.3, -0.25) is 14.5 Å². The highest BCUT2D eigenvalue weighted by atomic mass is 16.2. The van der Waals surface area contributed by atoms with E-state index in [1.807, 2.05) is 19.9 Å². The maximum absolute atomic E-state index is 10.3. The maximum Gasteiger partial charge on any atom is 0.216 e. The van der Waals surface area contributed by atoms with Gasteiger partial charge < -0.3 is 0 Å². The van der Waals surface area contributed by atoms with Gasteiger partial charge in [0.15, 0.2) is 0 Å². The van der Waals surface area contributed by atoms with Crippen LogP contribution >= 0.6 is 0 Å². The van der Waals surface area contributed by atoms with Gasteiger partial charge in [-0.1, -0.05) is 11.6 Å². The summed E-state index contributed by atoms with van der Waals surface area (Å²) in [5.41, 5.74) is 1.00. The summed E-state index contributed by atoms with van der Waals surface area (Å²) in [5.74, 6) is 0. The molecule has 0 saturated carbocycles. The Labute approximate surface area is 66.7 Å². The van der Waals surface area contributed by atoms with Crippen LogP contribution < -0.4 is 0 Å². The molecule has 0 aliphatic heterocycles. The Hall–Kier alpha value is -1.12. The predicted octanol–water partition coefficient (Wildman–Crippen LogP) is 0.956. The van der Waals surface area contributed by atoms with Crippen molar-refractivity contribution in [1.29, 1.82) is 0 Å². The fourth-order valence-electron chi connectivity index (χ4n) is 0.684. The van der Waals surface area contributed by atoms with E-state index in [0.717, 1.165) is 10.5 Å². The van der Waals surface area contributed by atoms with Gasteiger partial charge >= 0.3 is 0 Å². The van der Waals surface area contributed by atoms with E-state index in [4.69, 9.17) is 0 Å². The van der Waals surface area contributed by atoms with Gasteiger partial charge in [0, 0.05) is 0 Å². The molecule has 0 aromatic rings. The molecule has 1 unspecified atom stereocenters. The first-order valence-electron chi connectivity index (χ1n) is 3.48. The molecule has 0 aliphatic carbocycles. The monoisotopic (exact) mass is 155 g/mol. The number of hydrogen-bond acceptors (Lipinski definition) is 2. The molecule has 0 spiro atoms. The van der Waals surface area contributed by atoms with Crippen molar-refractivity contribution >= 4 is 12.8 Å². The Morgan fingerprint density at radius 2 is 1.82 bits per heavy atom. The van der Waals surface area contributed by atoms with Crippen LogP contribution in [0.25, 0.3) is 0 Å². The molecule has 0 saturated heterocycles. The number of carbonyl (C=O) groups is 2. The number of carbonyl (C=O) groups excluding carboxylic acids is 2. The predicted molar refractivity (Wildman–Crippen MR) is 42.9 cm³/mol. The highest BCUT2D eigenvalue weighted by Gasteiger charge is 2.10. The summed E-state index contributed by atoms with van der Waals surface area (Å²) in [7, 11) is 0. The van der Waals surface area contributed by atoms with Crippen molar-refractivity contribution in [1.82, 2.24) is 4.90 Å². The number of rotatable bonds is 4. The van der Waals surface area contributed by atoms with Crippen LogP contribution in [0.3, 0.4) is 0 Å². The van der Waals surface area contributed by atoms with Gasteiger partial charge in [0.1, 0.15) is 0 Å². The molecule has 62 valence electrons. The lowest BCUT2D eigenvalue weighted by atomic mass is 10.1. The van der Waals surface area contributed by atoms with Crippen molar-refractivity contribution < 1.29 is 9.59 Å². The van der Waals surface area contributed by atoms with Crippen LogP contribution in [0.15, 0.2) is 11.6 Å². The average Bonchev–Trinajstić information content (AvgIpc) is 2.05. The van der Waals surface area contributed by atoms with Crippen LogP contribution in [0.2, 0.25) is 0 Å². The van der Waals surface area contributed by atoms with Gasteiger partial charge in [-0.2, -0.15) is 0 Å². The quantitative estimate of drug-likeness (QED) is 0.448. The minimum atomic E-state index is -0.130. The number of amides is 2. The van der Waals surface area contributed by atoms with E-state index in [-0.39, 0.29) is 6.04 Å². The van der Waals surface area contributed by atoms with Crippen molar-refractivity contribution in [2.75, 3.05) is 0 Å². The zero-order chi connectivity index (χ0) is 8.85. The van der Waals surface area contributed by atoms with E-state index in [1.54, 1.807) is 6.92 Å². The van der Waals surface area contributed by atoms with Gasteiger partial charge in [0.25, 0.3) is 0 Å². The average molecular weight is 155 g/mol.